The Morgan fingerprint density at radius 2 is 1.39 bits per heavy atom. The normalized spacial score (nSPS) is 11.6. The van der Waals surface area contributed by atoms with Gasteiger partial charge in [0.1, 0.15) is 5.82 Å². The van der Waals surface area contributed by atoms with Gasteiger partial charge in [-0.25, -0.2) is 4.39 Å². The van der Waals surface area contributed by atoms with Gasteiger partial charge in [-0.15, -0.1) is 0 Å². The molecule has 18 heavy (non-hydrogen) atoms. The Labute approximate surface area is 106 Å². The molecule has 0 heterocycles. The molecule has 0 aromatic heterocycles. The zero-order chi connectivity index (χ0) is 13.0. The summed E-state index contributed by atoms with van der Waals surface area (Å²) in [4.78, 5) is 0. The predicted molar refractivity (Wildman–Crippen MR) is 69.3 cm³/mol. The summed E-state index contributed by atoms with van der Waals surface area (Å²) in [5.74, 6) is -0.256. The highest BCUT2D eigenvalue weighted by Crippen LogP contribution is 2.18. The van der Waals surface area contributed by atoms with Crippen LogP contribution in [0.1, 0.15) is 0 Å². The summed E-state index contributed by atoms with van der Waals surface area (Å²) in [6, 6.07) is 13.9. The largest absolute Gasteiger partial charge is 0.373 e. The van der Waals surface area contributed by atoms with E-state index in [1.54, 1.807) is 12.1 Å². The van der Waals surface area contributed by atoms with Gasteiger partial charge in [-0.1, -0.05) is 36.4 Å². The monoisotopic (exact) mass is 264 g/mol. The fraction of sp³-hybridized carbons (Fsp3) is 0.0769. The van der Waals surface area contributed by atoms with E-state index in [-0.39, 0.29) is 5.82 Å². The van der Waals surface area contributed by atoms with Crippen LogP contribution in [0.25, 0.3) is 11.1 Å². The molecule has 2 aromatic carbocycles. The first kappa shape index (κ1) is 12.9. The molecule has 2 N–H and O–H groups in total. The highest BCUT2D eigenvalue weighted by atomic mass is 28.2. The molecule has 0 fully saturated rings. The quantitative estimate of drug-likeness (QED) is 0.624. The molecule has 3 nitrogen and oxygen atoms in total. The van der Waals surface area contributed by atoms with Gasteiger partial charge in [-0.2, -0.15) is 0 Å². The molecule has 0 aliphatic heterocycles. The molecule has 0 spiro atoms. The minimum Gasteiger partial charge on any atom is -0.373 e. The second-order valence-electron chi connectivity index (χ2n) is 3.84. The number of hydrogen-bond donors (Lipinski definition) is 2. The molecule has 0 radical (unpaired) electrons. The smallest absolute Gasteiger partial charge is 0.256 e. The third kappa shape index (κ3) is 3.48. The van der Waals surface area contributed by atoms with Crippen LogP contribution >= 0.6 is 0 Å². The lowest BCUT2D eigenvalue weighted by Crippen LogP contribution is -2.23. The number of benzene rings is 2. The van der Waals surface area contributed by atoms with E-state index < -0.39 is 16.2 Å². The second-order valence-corrected chi connectivity index (χ2v) is 5.28. The summed E-state index contributed by atoms with van der Waals surface area (Å²) in [5.41, 5.74) is 1.92. The molecular formula is C13H13FO3Si. The summed E-state index contributed by atoms with van der Waals surface area (Å²) < 4.78 is 17.6. The molecule has 0 aliphatic rings. The summed E-state index contributed by atoms with van der Waals surface area (Å²) in [6.07, 6.45) is 0. The van der Waals surface area contributed by atoms with Crippen molar-refractivity contribution >= 4 is 14.9 Å². The second kappa shape index (κ2) is 5.88. The van der Waals surface area contributed by atoms with E-state index >= 15 is 0 Å². The van der Waals surface area contributed by atoms with Crippen LogP contribution in [0.5, 0.6) is 0 Å². The average molecular weight is 264 g/mol. The molecule has 94 valence electrons. The Morgan fingerprint density at radius 1 is 0.889 bits per heavy atom. The summed E-state index contributed by atoms with van der Waals surface area (Å²) in [6.45, 7) is -1.70. The molecule has 0 unspecified atom stereocenters. The van der Waals surface area contributed by atoms with Gasteiger partial charge >= 0.3 is 0 Å². The number of hydrogen-bond acceptors (Lipinski definition) is 3. The Kier molecular flexibility index (Phi) is 4.22. The molecule has 0 saturated heterocycles. The van der Waals surface area contributed by atoms with Crippen LogP contribution in [0.3, 0.4) is 0 Å². The van der Waals surface area contributed by atoms with Crippen molar-refractivity contribution in [2.45, 2.75) is 6.48 Å². The van der Waals surface area contributed by atoms with E-state index in [2.05, 4.69) is 0 Å². The van der Waals surface area contributed by atoms with E-state index in [0.717, 1.165) is 16.3 Å². The summed E-state index contributed by atoms with van der Waals surface area (Å²) >= 11 is 0. The predicted octanol–water partition coefficient (Wildman–Crippen LogP) is 0.487. The number of halogens is 1. The van der Waals surface area contributed by atoms with Crippen molar-refractivity contribution in [2.75, 3.05) is 0 Å². The first-order valence-electron chi connectivity index (χ1n) is 5.48. The van der Waals surface area contributed by atoms with Crippen LogP contribution in [0.2, 0.25) is 0 Å². The van der Waals surface area contributed by atoms with Gasteiger partial charge in [0, 0.05) is 0 Å². The maximum Gasteiger partial charge on any atom is 0.256 e. The molecule has 0 saturated carbocycles. The van der Waals surface area contributed by atoms with Crippen molar-refractivity contribution in [3.8, 4) is 11.1 Å². The van der Waals surface area contributed by atoms with Gasteiger partial charge < -0.3 is 14.6 Å². The van der Waals surface area contributed by atoms with Crippen LogP contribution in [0, 0.1) is 5.82 Å². The number of aliphatic hydroxyl groups excluding tert-OH is 1. The molecule has 0 amide bonds. The van der Waals surface area contributed by atoms with Crippen molar-refractivity contribution in [3.05, 3.63) is 54.3 Å². The van der Waals surface area contributed by atoms with Crippen molar-refractivity contribution in [1.29, 1.82) is 0 Å². The van der Waals surface area contributed by atoms with Crippen LogP contribution in [0.15, 0.2) is 48.5 Å². The Morgan fingerprint density at radius 3 is 1.89 bits per heavy atom. The summed E-state index contributed by atoms with van der Waals surface area (Å²) in [7, 11) is -1.12. The first-order valence-corrected chi connectivity index (χ1v) is 6.76. The Bertz CT molecular complexity index is 497. The topological polar surface area (TPSA) is 49.7 Å². The molecule has 0 atom stereocenters. The fourth-order valence-corrected chi connectivity index (χ4v) is 2.38. The van der Waals surface area contributed by atoms with E-state index in [1.807, 2.05) is 24.3 Å². The van der Waals surface area contributed by atoms with E-state index in [0.29, 0.717) is 0 Å². The lowest BCUT2D eigenvalue weighted by Gasteiger charge is -2.06. The van der Waals surface area contributed by atoms with Gasteiger partial charge in [0.05, 0.1) is 0 Å². The highest BCUT2D eigenvalue weighted by Gasteiger charge is 2.01. The SMILES string of the molecule is OC(O)O[SiH2]c1ccc(-c2ccc(F)cc2)cc1. The fourth-order valence-electron chi connectivity index (χ4n) is 1.61. The summed E-state index contributed by atoms with van der Waals surface area (Å²) in [5, 5.41) is 18.2. The number of rotatable bonds is 4. The minimum atomic E-state index is -1.70. The van der Waals surface area contributed by atoms with Crippen molar-refractivity contribution in [3.63, 3.8) is 0 Å². The highest BCUT2D eigenvalue weighted by molar-refractivity contribution is 6.46. The third-order valence-electron chi connectivity index (χ3n) is 2.53. The molecule has 0 aliphatic carbocycles. The van der Waals surface area contributed by atoms with Crippen LogP contribution in [-0.2, 0) is 4.43 Å². The van der Waals surface area contributed by atoms with Crippen molar-refractivity contribution < 1.29 is 19.0 Å². The lowest BCUT2D eigenvalue weighted by molar-refractivity contribution is -0.179. The van der Waals surface area contributed by atoms with Gasteiger partial charge in [0.15, 0.2) is 9.76 Å². The zero-order valence-electron chi connectivity index (χ0n) is 9.58. The van der Waals surface area contributed by atoms with Gasteiger partial charge in [0.25, 0.3) is 6.48 Å². The van der Waals surface area contributed by atoms with Crippen LogP contribution in [0.4, 0.5) is 4.39 Å². The van der Waals surface area contributed by atoms with E-state index in [4.69, 9.17) is 14.6 Å². The van der Waals surface area contributed by atoms with E-state index in [1.165, 1.54) is 12.1 Å². The molecule has 5 heteroatoms. The average Bonchev–Trinajstić information content (AvgIpc) is 2.38. The maximum absolute atomic E-state index is 12.8. The van der Waals surface area contributed by atoms with Crippen molar-refractivity contribution in [2.24, 2.45) is 0 Å². The minimum absolute atomic E-state index is 0.256. The first-order chi connectivity index (χ1) is 8.65. The molecule has 2 rings (SSSR count). The zero-order valence-corrected chi connectivity index (χ0v) is 11.0. The Balaban J connectivity index is 2.09. The van der Waals surface area contributed by atoms with Crippen LogP contribution < -0.4 is 5.19 Å². The Hall–Kier alpha value is -1.53. The van der Waals surface area contributed by atoms with Crippen molar-refractivity contribution in [1.82, 2.24) is 0 Å². The molecule has 0 bridgehead atoms. The lowest BCUT2D eigenvalue weighted by atomic mass is 10.1. The van der Waals surface area contributed by atoms with Gasteiger partial charge in [0.2, 0.25) is 0 Å². The van der Waals surface area contributed by atoms with E-state index in [9.17, 15) is 4.39 Å². The standard InChI is InChI=1S/C13H13FO3Si/c14-11-5-1-9(2-6-11)10-3-7-12(8-4-10)18-17-13(15)16/h1-8,13,15-16H,18H2. The maximum atomic E-state index is 12.8. The third-order valence-corrected chi connectivity index (χ3v) is 3.80. The number of aliphatic hydroxyl groups is 2. The van der Waals surface area contributed by atoms with Gasteiger partial charge in [-0.05, 0) is 28.4 Å². The van der Waals surface area contributed by atoms with Gasteiger partial charge in [-0.3, -0.25) is 0 Å². The van der Waals surface area contributed by atoms with Crippen LogP contribution in [-0.4, -0.2) is 26.5 Å². The molecular weight excluding hydrogens is 251 g/mol. The molecule has 2 aromatic rings.